The molecule has 0 radical (unpaired) electrons. The average Bonchev–Trinajstić information content (AvgIpc) is 3.28. The van der Waals surface area contributed by atoms with E-state index in [1.165, 1.54) is 30.6 Å². The highest BCUT2D eigenvalue weighted by Crippen LogP contribution is 2.28. The number of para-hydroxylation sites is 1. The van der Waals surface area contributed by atoms with Gasteiger partial charge in [0.2, 0.25) is 0 Å². The molecule has 9 heteroatoms. The summed E-state index contributed by atoms with van der Waals surface area (Å²) in [7, 11) is 1.47. The number of nitrogens with one attached hydrogen (secondary N) is 2. The van der Waals surface area contributed by atoms with Crippen LogP contribution in [0.15, 0.2) is 77.0 Å². The number of carbonyl (C=O) groups excluding carboxylic acids is 1. The maximum Gasteiger partial charge on any atom is 0.342 e. The number of hydrazone groups is 1. The number of benzene rings is 3. The minimum Gasteiger partial charge on any atom is -0.504 e. The van der Waals surface area contributed by atoms with Crippen molar-refractivity contribution in [1.82, 2.24) is 15.6 Å². The monoisotopic (exact) mass is 488 g/mol. The molecular formula is C26H26N5O3S+. The number of amides is 1. The van der Waals surface area contributed by atoms with Crippen molar-refractivity contribution in [3.8, 4) is 28.6 Å². The number of hydrogen-bond donors (Lipinski definition) is 3. The summed E-state index contributed by atoms with van der Waals surface area (Å²) < 4.78 is 7.08. The zero-order valence-corrected chi connectivity index (χ0v) is 20.5. The van der Waals surface area contributed by atoms with Crippen LogP contribution < -0.4 is 14.7 Å². The zero-order chi connectivity index (χ0) is 24.8. The topological polar surface area (TPSA) is 103 Å². The Morgan fingerprint density at radius 3 is 2.49 bits per heavy atom. The second-order valence-electron chi connectivity index (χ2n) is 7.87. The summed E-state index contributed by atoms with van der Waals surface area (Å²) in [6.07, 6.45) is 1.37. The third-order valence-corrected chi connectivity index (χ3v) is 6.20. The number of thioether (sulfide) groups is 1. The first-order chi connectivity index (χ1) is 17.0. The number of phenolic OH excluding ortho intramolecular Hbond substituents is 1. The van der Waals surface area contributed by atoms with Gasteiger partial charge in [0.05, 0.1) is 29.7 Å². The van der Waals surface area contributed by atoms with E-state index in [1.807, 2.05) is 66.9 Å². The first-order valence-electron chi connectivity index (χ1n) is 10.9. The number of rotatable bonds is 8. The van der Waals surface area contributed by atoms with Crippen molar-refractivity contribution in [3.05, 3.63) is 83.4 Å². The quantitative estimate of drug-likeness (QED) is 0.151. The lowest BCUT2D eigenvalue weighted by Crippen LogP contribution is -2.34. The number of aryl methyl sites for hydroxylation is 2. The number of carbonyl (C=O) groups is 1. The van der Waals surface area contributed by atoms with E-state index in [0.29, 0.717) is 16.5 Å². The molecule has 4 aromatic rings. The van der Waals surface area contributed by atoms with E-state index in [-0.39, 0.29) is 17.4 Å². The number of aromatic hydroxyl groups is 1. The molecule has 0 aliphatic carbocycles. The molecule has 8 nitrogen and oxygen atoms in total. The van der Waals surface area contributed by atoms with Crippen LogP contribution in [0.2, 0.25) is 0 Å². The Morgan fingerprint density at radius 2 is 1.80 bits per heavy atom. The molecule has 0 saturated heterocycles. The van der Waals surface area contributed by atoms with Gasteiger partial charge in [0, 0.05) is 5.56 Å². The number of aromatic nitrogens is 3. The highest BCUT2D eigenvalue weighted by Gasteiger charge is 2.24. The number of aromatic amines is 1. The fraction of sp³-hybridized carbons (Fsp3) is 0.154. The summed E-state index contributed by atoms with van der Waals surface area (Å²) in [6, 6.07) is 21.3. The number of hydrogen-bond acceptors (Lipinski definition) is 6. The van der Waals surface area contributed by atoms with E-state index in [9.17, 15) is 9.90 Å². The van der Waals surface area contributed by atoms with Crippen molar-refractivity contribution in [2.75, 3.05) is 12.9 Å². The summed E-state index contributed by atoms with van der Waals surface area (Å²) >= 11 is 1.29. The van der Waals surface area contributed by atoms with Gasteiger partial charge in [-0.1, -0.05) is 41.5 Å². The van der Waals surface area contributed by atoms with Crippen LogP contribution in [0.5, 0.6) is 11.5 Å². The molecule has 0 atom stereocenters. The first-order valence-corrected chi connectivity index (χ1v) is 11.9. The van der Waals surface area contributed by atoms with Gasteiger partial charge in [0.1, 0.15) is 5.69 Å². The van der Waals surface area contributed by atoms with Crippen LogP contribution in [0.25, 0.3) is 17.1 Å². The van der Waals surface area contributed by atoms with Gasteiger partial charge in [-0.25, -0.2) is 5.43 Å². The predicted octanol–water partition coefficient (Wildman–Crippen LogP) is 3.93. The third-order valence-electron chi connectivity index (χ3n) is 5.26. The van der Waals surface area contributed by atoms with E-state index < -0.39 is 0 Å². The van der Waals surface area contributed by atoms with Crippen LogP contribution in [-0.2, 0) is 4.79 Å². The van der Waals surface area contributed by atoms with Crippen molar-refractivity contribution in [3.63, 3.8) is 0 Å². The molecule has 3 N–H and O–H groups in total. The summed E-state index contributed by atoms with van der Waals surface area (Å²) in [5, 5.41) is 22.3. The number of methoxy groups -OCH3 is 1. The Morgan fingerprint density at radius 1 is 1.11 bits per heavy atom. The summed E-state index contributed by atoms with van der Waals surface area (Å²) in [5.41, 5.74) is 7.18. The van der Waals surface area contributed by atoms with E-state index >= 15 is 0 Å². The molecule has 0 saturated carbocycles. The first kappa shape index (κ1) is 24.0. The standard InChI is InChI=1S/C26H25N5O3S/c1-17-7-11-19(12-8-17)25-29-30-26(31(25)21-13-9-18(2)10-14-21)35-16-23(32)28-27-15-20-5-4-6-22(34-3)24(20)33/h4-15H,16H2,1-3H3,(H2,27,28,32,33)/p+1. The minimum atomic E-state index is -0.302. The molecule has 0 fully saturated rings. The fourth-order valence-corrected chi connectivity index (χ4v) is 4.14. The molecule has 0 spiro atoms. The number of phenols is 1. The Kier molecular flexibility index (Phi) is 7.47. The molecule has 178 valence electrons. The van der Waals surface area contributed by atoms with E-state index in [1.54, 1.807) is 18.2 Å². The van der Waals surface area contributed by atoms with Gasteiger partial charge in [-0.05, 0) is 62.0 Å². The second-order valence-corrected chi connectivity index (χ2v) is 8.81. The SMILES string of the molecule is COc1cccc(/C=N/NC(=O)CSc2n[nH]c(-c3ccc(C)cc3)[n+]2-c2ccc(C)cc2)c1O. The molecule has 0 aliphatic rings. The van der Waals surface area contributed by atoms with Crippen LogP contribution in [0.3, 0.4) is 0 Å². The van der Waals surface area contributed by atoms with Gasteiger partial charge < -0.3 is 9.84 Å². The number of ether oxygens (including phenoxy) is 1. The zero-order valence-electron chi connectivity index (χ0n) is 19.6. The second kappa shape index (κ2) is 10.9. The molecule has 35 heavy (non-hydrogen) atoms. The predicted molar refractivity (Wildman–Crippen MR) is 136 cm³/mol. The van der Waals surface area contributed by atoms with Gasteiger partial charge in [0.25, 0.3) is 11.7 Å². The molecule has 1 heterocycles. The molecule has 1 amide bonds. The Balaban J connectivity index is 1.50. The molecule has 1 aromatic heterocycles. The highest BCUT2D eigenvalue weighted by molar-refractivity contribution is 7.99. The summed E-state index contributed by atoms with van der Waals surface area (Å²) in [4.78, 5) is 12.4. The maximum atomic E-state index is 12.4. The van der Waals surface area contributed by atoms with Crippen molar-refractivity contribution in [2.45, 2.75) is 19.0 Å². The maximum absolute atomic E-state index is 12.4. The van der Waals surface area contributed by atoms with E-state index in [2.05, 4.69) is 20.7 Å². The summed E-state index contributed by atoms with van der Waals surface area (Å²) in [5.74, 6) is 0.916. The molecule has 0 unspecified atom stereocenters. The molecule has 3 aromatic carbocycles. The third kappa shape index (κ3) is 5.70. The average molecular weight is 489 g/mol. The Labute approximate surface area is 207 Å². The van der Waals surface area contributed by atoms with Crippen LogP contribution in [0.1, 0.15) is 16.7 Å². The molecule has 0 aliphatic heterocycles. The normalized spacial score (nSPS) is 11.1. The fourth-order valence-electron chi connectivity index (χ4n) is 3.38. The van der Waals surface area contributed by atoms with Crippen molar-refractivity contribution in [1.29, 1.82) is 0 Å². The molecule has 0 bridgehead atoms. The van der Waals surface area contributed by atoms with Gasteiger partial charge >= 0.3 is 5.16 Å². The van der Waals surface area contributed by atoms with Gasteiger partial charge in [-0.3, -0.25) is 4.79 Å². The number of H-pyrrole nitrogens is 1. The number of nitrogens with zero attached hydrogens (tertiary/aromatic N) is 3. The lowest BCUT2D eigenvalue weighted by atomic mass is 10.1. The minimum absolute atomic E-state index is 0.0401. The lowest BCUT2D eigenvalue weighted by molar-refractivity contribution is -0.625. The van der Waals surface area contributed by atoms with Gasteiger partial charge in [-0.15, -0.1) is 5.10 Å². The van der Waals surface area contributed by atoms with Crippen LogP contribution in [-0.4, -0.2) is 40.3 Å². The van der Waals surface area contributed by atoms with Crippen LogP contribution in [0.4, 0.5) is 0 Å². The summed E-state index contributed by atoms with van der Waals surface area (Å²) in [6.45, 7) is 4.08. The van der Waals surface area contributed by atoms with Crippen LogP contribution in [0, 0.1) is 13.8 Å². The van der Waals surface area contributed by atoms with Crippen molar-refractivity contribution >= 4 is 23.9 Å². The van der Waals surface area contributed by atoms with E-state index in [0.717, 1.165) is 22.6 Å². The Hall–Kier alpha value is -4.11. The van der Waals surface area contributed by atoms with Gasteiger partial charge in [0.15, 0.2) is 11.5 Å². The van der Waals surface area contributed by atoms with Crippen molar-refractivity contribution in [2.24, 2.45) is 5.10 Å². The Bertz CT molecular complexity index is 1350. The van der Waals surface area contributed by atoms with Crippen molar-refractivity contribution < 1.29 is 19.2 Å². The smallest absolute Gasteiger partial charge is 0.342 e. The largest absolute Gasteiger partial charge is 0.504 e. The molecular weight excluding hydrogens is 462 g/mol. The lowest BCUT2D eigenvalue weighted by Gasteiger charge is -2.05. The van der Waals surface area contributed by atoms with Gasteiger partial charge in [-0.2, -0.15) is 9.67 Å². The van der Waals surface area contributed by atoms with E-state index in [4.69, 9.17) is 4.74 Å². The highest BCUT2D eigenvalue weighted by atomic mass is 32.2. The van der Waals surface area contributed by atoms with Crippen LogP contribution >= 0.6 is 11.8 Å². The molecule has 4 rings (SSSR count).